The number of hydrogen-bond donors (Lipinski definition) is 0. The number of nitrogens with zero attached hydrogens (tertiary/aromatic N) is 4. The first-order chi connectivity index (χ1) is 9.08. The van der Waals surface area contributed by atoms with Gasteiger partial charge in [-0.25, -0.2) is 9.97 Å². The van der Waals surface area contributed by atoms with Crippen molar-refractivity contribution in [2.24, 2.45) is 0 Å². The van der Waals surface area contributed by atoms with Gasteiger partial charge >= 0.3 is 0 Å². The van der Waals surface area contributed by atoms with E-state index in [4.69, 9.17) is 0 Å². The monoisotopic (exact) mass is 262 g/mol. The number of Topliss-reactive ketones (excluding diaryl/α,β-unsaturated/α-hetero) is 1. The Balaban J connectivity index is 2.14. The number of carbonyl (C=O) groups excluding carboxylic acids is 1. The number of likely N-dealkylation sites (N-methyl/N-ethyl adjacent to an activating group) is 1. The minimum atomic E-state index is 0.0766. The number of carbonyl (C=O) groups is 1. The van der Waals surface area contributed by atoms with E-state index in [1.54, 1.807) is 6.20 Å². The molecule has 0 saturated carbocycles. The van der Waals surface area contributed by atoms with E-state index in [-0.39, 0.29) is 5.78 Å². The van der Waals surface area contributed by atoms with Crippen LogP contribution in [0, 0.1) is 6.92 Å². The van der Waals surface area contributed by atoms with Crippen LogP contribution in [0.3, 0.4) is 0 Å². The number of piperidine rings is 1. The Morgan fingerprint density at radius 2 is 2.00 bits per heavy atom. The van der Waals surface area contributed by atoms with Gasteiger partial charge in [-0.2, -0.15) is 0 Å². The van der Waals surface area contributed by atoms with Gasteiger partial charge in [0, 0.05) is 19.3 Å². The molecule has 1 aliphatic rings. The highest BCUT2D eigenvalue weighted by Gasteiger charge is 2.17. The van der Waals surface area contributed by atoms with E-state index in [0.29, 0.717) is 12.1 Å². The molecule has 1 saturated heterocycles. The first kappa shape index (κ1) is 13.9. The molecule has 5 nitrogen and oxygen atoms in total. The number of ketones is 1. The van der Waals surface area contributed by atoms with Crippen LogP contribution in [0.5, 0.6) is 0 Å². The van der Waals surface area contributed by atoms with Gasteiger partial charge in [0.1, 0.15) is 0 Å². The lowest BCUT2D eigenvalue weighted by molar-refractivity contribution is 0.0956. The largest absolute Gasteiger partial charge is 0.341 e. The Hall–Kier alpha value is -1.49. The van der Waals surface area contributed by atoms with Gasteiger partial charge < -0.3 is 9.80 Å². The van der Waals surface area contributed by atoms with Crippen LogP contribution in [0.1, 0.15) is 35.3 Å². The minimum absolute atomic E-state index is 0.0766. The number of aryl methyl sites for hydroxylation is 1. The fraction of sp³-hybridized carbons (Fsp3) is 0.643. The van der Waals surface area contributed by atoms with Crippen molar-refractivity contribution in [1.29, 1.82) is 0 Å². The van der Waals surface area contributed by atoms with Crippen LogP contribution in [0.4, 0.5) is 5.95 Å². The van der Waals surface area contributed by atoms with Gasteiger partial charge in [0.15, 0.2) is 5.78 Å². The molecule has 0 aromatic carbocycles. The first-order valence-electron chi connectivity index (χ1n) is 6.84. The lowest BCUT2D eigenvalue weighted by atomic mass is 10.1. The molecule has 104 valence electrons. The summed E-state index contributed by atoms with van der Waals surface area (Å²) in [7, 11) is 3.77. The maximum absolute atomic E-state index is 12.0. The second-order valence-electron chi connectivity index (χ2n) is 5.38. The van der Waals surface area contributed by atoms with E-state index in [9.17, 15) is 4.79 Å². The molecule has 1 aliphatic heterocycles. The molecule has 0 radical (unpaired) electrons. The number of anilines is 1. The van der Waals surface area contributed by atoms with Gasteiger partial charge in [-0.3, -0.25) is 4.79 Å². The number of rotatable bonds is 4. The molecule has 2 heterocycles. The smallest absolute Gasteiger partial charge is 0.225 e. The second-order valence-corrected chi connectivity index (χ2v) is 5.38. The Labute approximate surface area is 114 Å². The second kappa shape index (κ2) is 6.10. The van der Waals surface area contributed by atoms with Crippen molar-refractivity contribution >= 4 is 11.7 Å². The van der Waals surface area contributed by atoms with Crippen LogP contribution < -0.4 is 4.90 Å². The minimum Gasteiger partial charge on any atom is -0.341 e. The van der Waals surface area contributed by atoms with Crippen molar-refractivity contribution in [2.45, 2.75) is 26.2 Å². The fourth-order valence-electron chi connectivity index (χ4n) is 2.35. The molecule has 5 heteroatoms. The Morgan fingerprint density at radius 1 is 1.32 bits per heavy atom. The van der Waals surface area contributed by atoms with Crippen LogP contribution in [0.2, 0.25) is 0 Å². The molecule has 0 unspecified atom stereocenters. The van der Waals surface area contributed by atoms with Crippen molar-refractivity contribution in [3.05, 3.63) is 17.5 Å². The summed E-state index contributed by atoms with van der Waals surface area (Å²) in [5.74, 6) is 0.839. The summed E-state index contributed by atoms with van der Waals surface area (Å²) in [6.45, 7) is 4.32. The molecular formula is C14H22N4O. The van der Waals surface area contributed by atoms with E-state index in [2.05, 4.69) is 14.9 Å². The Kier molecular flexibility index (Phi) is 4.47. The van der Waals surface area contributed by atoms with Gasteiger partial charge in [0.2, 0.25) is 5.95 Å². The summed E-state index contributed by atoms with van der Waals surface area (Å²) < 4.78 is 0. The zero-order chi connectivity index (χ0) is 13.8. The molecule has 0 atom stereocenters. The molecule has 1 aromatic rings. The van der Waals surface area contributed by atoms with Gasteiger partial charge in [0.25, 0.3) is 0 Å². The summed E-state index contributed by atoms with van der Waals surface area (Å²) in [4.78, 5) is 25.0. The van der Waals surface area contributed by atoms with Crippen LogP contribution >= 0.6 is 0 Å². The predicted octanol–water partition coefficient (Wildman–Crippen LogP) is 1.52. The Bertz CT molecular complexity index is 453. The van der Waals surface area contributed by atoms with Crippen molar-refractivity contribution in [2.75, 3.05) is 38.6 Å². The summed E-state index contributed by atoms with van der Waals surface area (Å²) >= 11 is 0. The zero-order valence-corrected chi connectivity index (χ0v) is 12.0. The maximum Gasteiger partial charge on any atom is 0.225 e. The maximum atomic E-state index is 12.0. The molecule has 1 aromatic heterocycles. The lowest BCUT2D eigenvalue weighted by Gasteiger charge is -2.26. The topological polar surface area (TPSA) is 49.3 Å². The SMILES string of the molecule is Cc1nc(N2CCCCC2)ncc1C(=O)CN(C)C. The van der Waals surface area contributed by atoms with E-state index in [1.807, 2.05) is 25.9 Å². The van der Waals surface area contributed by atoms with Gasteiger partial charge in [-0.05, 0) is 40.3 Å². The van der Waals surface area contributed by atoms with Gasteiger partial charge in [-0.1, -0.05) is 0 Å². The van der Waals surface area contributed by atoms with E-state index in [1.165, 1.54) is 19.3 Å². The summed E-state index contributed by atoms with van der Waals surface area (Å²) in [6.07, 6.45) is 5.36. The average molecular weight is 262 g/mol. The summed E-state index contributed by atoms with van der Waals surface area (Å²) in [5, 5.41) is 0. The highest BCUT2D eigenvalue weighted by Crippen LogP contribution is 2.17. The first-order valence-corrected chi connectivity index (χ1v) is 6.84. The van der Waals surface area contributed by atoms with Crippen LogP contribution in [-0.2, 0) is 0 Å². The fourth-order valence-corrected chi connectivity index (χ4v) is 2.35. The highest BCUT2D eigenvalue weighted by atomic mass is 16.1. The average Bonchev–Trinajstić information content (AvgIpc) is 2.38. The Morgan fingerprint density at radius 3 is 2.58 bits per heavy atom. The third kappa shape index (κ3) is 3.50. The van der Waals surface area contributed by atoms with E-state index < -0.39 is 0 Å². The lowest BCUT2D eigenvalue weighted by Crippen LogP contribution is -2.31. The van der Waals surface area contributed by atoms with Crippen LogP contribution in [-0.4, -0.2) is 54.4 Å². The standard InChI is InChI=1S/C14H22N4O/c1-11-12(13(19)10-17(2)3)9-15-14(16-11)18-7-5-4-6-8-18/h9H,4-8,10H2,1-3H3. The number of aromatic nitrogens is 2. The zero-order valence-electron chi connectivity index (χ0n) is 12.0. The molecule has 2 rings (SSSR count). The molecule has 0 aliphatic carbocycles. The van der Waals surface area contributed by atoms with Crippen molar-refractivity contribution in [1.82, 2.24) is 14.9 Å². The van der Waals surface area contributed by atoms with Gasteiger partial charge in [-0.15, -0.1) is 0 Å². The molecule has 1 fully saturated rings. The summed E-state index contributed by atoms with van der Waals surface area (Å²) in [6, 6.07) is 0. The molecule has 19 heavy (non-hydrogen) atoms. The van der Waals surface area contributed by atoms with Gasteiger partial charge in [0.05, 0.1) is 17.8 Å². The molecule has 0 bridgehead atoms. The normalized spacial score (nSPS) is 15.9. The molecule has 0 spiro atoms. The molecular weight excluding hydrogens is 240 g/mol. The quantitative estimate of drug-likeness (QED) is 0.770. The van der Waals surface area contributed by atoms with Crippen molar-refractivity contribution in [3.63, 3.8) is 0 Å². The van der Waals surface area contributed by atoms with E-state index >= 15 is 0 Å². The summed E-state index contributed by atoms with van der Waals surface area (Å²) in [5.41, 5.74) is 1.41. The third-order valence-corrected chi connectivity index (χ3v) is 3.37. The van der Waals surface area contributed by atoms with Crippen LogP contribution in [0.15, 0.2) is 6.20 Å². The predicted molar refractivity (Wildman–Crippen MR) is 75.7 cm³/mol. The molecule has 0 amide bonds. The number of hydrogen-bond acceptors (Lipinski definition) is 5. The molecule has 0 N–H and O–H groups in total. The van der Waals surface area contributed by atoms with E-state index in [0.717, 1.165) is 24.7 Å². The third-order valence-electron chi connectivity index (χ3n) is 3.37. The van der Waals surface area contributed by atoms with Crippen molar-refractivity contribution in [3.8, 4) is 0 Å². The highest BCUT2D eigenvalue weighted by molar-refractivity contribution is 5.98. The van der Waals surface area contributed by atoms with Crippen molar-refractivity contribution < 1.29 is 4.79 Å². The van der Waals surface area contributed by atoms with Crippen LogP contribution in [0.25, 0.3) is 0 Å².